The number of epoxide rings is 1. The molecule has 0 amide bonds. The van der Waals surface area contributed by atoms with Crippen molar-refractivity contribution < 1.29 is 24.2 Å². The van der Waals surface area contributed by atoms with E-state index in [2.05, 4.69) is 6.92 Å². The molecule has 110 valence electrons. The summed E-state index contributed by atoms with van der Waals surface area (Å²) < 4.78 is 11.2. The first-order valence-corrected chi connectivity index (χ1v) is 7.43. The predicted octanol–water partition coefficient (Wildman–Crippen LogP) is 1.03. The van der Waals surface area contributed by atoms with Gasteiger partial charge >= 0.3 is 5.97 Å². The molecule has 5 nitrogen and oxygen atoms in total. The van der Waals surface area contributed by atoms with Crippen molar-refractivity contribution in [3.63, 3.8) is 0 Å². The highest BCUT2D eigenvalue weighted by Gasteiger charge is 2.90. The van der Waals surface area contributed by atoms with Gasteiger partial charge in [0.1, 0.15) is 5.78 Å². The van der Waals surface area contributed by atoms with Gasteiger partial charge in [0.15, 0.2) is 5.60 Å². The van der Waals surface area contributed by atoms with Crippen LogP contribution in [-0.2, 0) is 19.1 Å². The molecule has 0 aromatic rings. The van der Waals surface area contributed by atoms with Crippen molar-refractivity contribution >= 4 is 11.8 Å². The van der Waals surface area contributed by atoms with E-state index in [0.717, 1.165) is 6.42 Å². The third kappa shape index (κ3) is 1.04. The van der Waals surface area contributed by atoms with Gasteiger partial charge < -0.3 is 14.6 Å². The number of rotatable bonds is 0. The lowest BCUT2D eigenvalue weighted by atomic mass is 9.50. The fraction of sp³-hybridized carbons (Fsp3) is 0.867. The van der Waals surface area contributed by atoms with Crippen molar-refractivity contribution in [3.8, 4) is 0 Å². The Morgan fingerprint density at radius 1 is 1.30 bits per heavy atom. The topological polar surface area (TPSA) is 76.1 Å². The quantitative estimate of drug-likeness (QED) is 0.530. The Morgan fingerprint density at radius 3 is 2.70 bits per heavy atom. The van der Waals surface area contributed by atoms with E-state index >= 15 is 0 Å². The van der Waals surface area contributed by atoms with E-state index < -0.39 is 28.8 Å². The van der Waals surface area contributed by atoms with Gasteiger partial charge in [-0.15, -0.1) is 0 Å². The molecular weight excluding hydrogens is 260 g/mol. The van der Waals surface area contributed by atoms with Crippen LogP contribution in [0.1, 0.15) is 40.0 Å². The molecule has 2 heterocycles. The average Bonchev–Trinajstić information content (AvgIpc) is 3.01. The highest BCUT2D eigenvalue weighted by Crippen LogP contribution is 2.72. The summed E-state index contributed by atoms with van der Waals surface area (Å²) in [5, 5.41) is 11.0. The Labute approximate surface area is 117 Å². The van der Waals surface area contributed by atoms with Gasteiger partial charge in [-0.05, 0) is 19.3 Å². The summed E-state index contributed by atoms with van der Waals surface area (Å²) in [7, 11) is 0. The number of aliphatic hydroxyl groups is 1. The van der Waals surface area contributed by atoms with Gasteiger partial charge in [0.25, 0.3) is 0 Å². The van der Waals surface area contributed by atoms with Gasteiger partial charge in [0.2, 0.25) is 5.79 Å². The first-order chi connectivity index (χ1) is 9.29. The van der Waals surface area contributed by atoms with E-state index in [4.69, 9.17) is 9.47 Å². The highest BCUT2D eigenvalue weighted by atomic mass is 16.8. The second-order valence-corrected chi connectivity index (χ2v) is 7.22. The number of fused-ring (bicyclic) bond motifs is 1. The lowest BCUT2D eigenvalue weighted by molar-refractivity contribution is -0.167. The minimum atomic E-state index is -1.04. The van der Waals surface area contributed by atoms with Gasteiger partial charge in [-0.1, -0.05) is 13.8 Å². The monoisotopic (exact) mass is 280 g/mol. The Hall–Kier alpha value is -0.940. The zero-order chi connectivity index (χ0) is 14.5. The van der Waals surface area contributed by atoms with E-state index in [-0.39, 0.29) is 23.6 Å². The lowest BCUT2D eigenvalue weighted by Gasteiger charge is -2.52. The maximum atomic E-state index is 12.3. The average molecular weight is 280 g/mol. The van der Waals surface area contributed by atoms with Crippen LogP contribution in [0, 0.1) is 23.2 Å². The number of ketones is 1. The molecule has 4 rings (SSSR count). The third-order valence-corrected chi connectivity index (χ3v) is 6.64. The third-order valence-electron chi connectivity index (χ3n) is 6.64. The summed E-state index contributed by atoms with van der Waals surface area (Å²) >= 11 is 0. The van der Waals surface area contributed by atoms with Crippen LogP contribution < -0.4 is 0 Å². The second kappa shape index (κ2) is 3.28. The fourth-order valence-electron chi connectivity index (χ4n) is 4.99. The number of esters is 1. The number of hydrogen-bond acceptors (Lipinski definition) is 5. The largest absolute Gasteiger partial charge is 0.429 e. The van der Waals surface area contributed by atoms with Gasteiger partial charge in [-0.25, -0.2) is 0 Å². The molecule has 0 bridgehead atoms. The molecule has 7 unspecified atom stereocenters. The molecular formula is C15H20O5. The smallest absolute Gasteiger partial charge is 0.314 e. The van der Waals surface area contributed by atoms with Crippen molar-refractivity contribution in [2.75, 3.05) is 0 Å². The fourth-order valence-corrected chi connectivity index (χ4v) is 4.99. The van der Waals surface area contributed by atoms with Crippen LogP contribution in [0.25, 0.3) is 0 Å². The predicted molar refractivity (Wildman–Crippen MR) is 67.4 cm³/mol. The first-order valence-electron chi connectivity index (χ1n) is 7.43. The molecule has 2 saturated carbocycles. The molecule has 1 N–H and O–H groups in total. The van der Waals surface area contributed by atoms with Crippen molar-refractivity contribution in [1.29, 1.82) is 0 Å². The molecule has 0 aromatic heterocycles. The summed E-state index contributed by atoms with van der Waals surface area (Å²) in [5.41, 5.74) is -1.46. The van der Waals surface area contributed by atoms with Crippen LogP contribution in [0.5, 0.6) is 0 Å². The van der Waals surface area contributed by atoms with E-state index in [9.17, 15) is 14.7 Å². The van der Waals surface area contributed by atoms with E-state index in [1.165, 1.54) is 0 Å². The van der Waals surface area contributed by atoms with Crippen molar-refractivity contribution in [1.82, 2.24) is 0 Å². The lowest BCUT2D eigenvalue weighted by Crippen LogP contribution is -2.62. The zero-order valence-corrected chi connectivity index (χ0v) is 12.0. The molecule has 0 spiro atoms. The first kappa shape index (κ1) is 12.8. The Bertz CT molecular complexity index is 530. The number of aliphatic hydroxyl groups excluding tert-OH is 1. The summed E-state index contributed by atoms with van der Waals surface area (Å²) in [5.74, 6) is -1.73. The highest BCUT2D eigenvalue weighted by molar-refractivity contribution is 5.85. The van der Waals surface area contributed by atoms with Gasteiger partial charge in [-0.3, -0.25) is 9.59 Å². The molecule has 2 aliphatic carbocycles. The minimum absolute atomic E-state index is 0.165. The molecule has 5 heteroatoms. The van der Waals surface area contributed by atoms with Crippen LogP contribution in [-0.4, -0.2) is 34.4 Å². The SMILES string of the molecule is CC1CCC(=O)C2CC34OC(=O)C(C)C3(O4)C(O)C12C. The molecule has 20 heavy (non-hydrogen) atoms. The molecule has 2 aliphatic heterocycles. The number of carbonyl (C=O) groups excluding carboxylic acids is 2. The molecule has 4 fully saturated rings. The molecule has 4 aliphatic rings. The summed E-state index contributed by atoms with van der Waals surface area (Å²) in [4.78, 5) is 24.2. The van der Waals surface area contributed by atoms with Gasteiger partial charge in [-0.2, -0.15) is 0 Å². The Balaban J connectivity index is 1.84. The van der Waals surface area contributed by atoms with Crippen molar-refractivity contribution in [2.24, 2.45) is 23.2 Å². The van der Waals surface area contributed by atoms with Crippen LogP contribution in [0.4, 0.5) is 0 Å². The maximum absolute atomic E-state index is 12.3. The van der Waals surface area contributed by atoms with E-state index in [0.29, 0.717) is 12.8 Å². The zero-order valence-electron chi connectivity index (χ0n) is 12.0. The molecule has 0 radical (unpaired) electrons. The standard InChI is InChI=1S/C15H20O5/c1-7-4-5-10(16)9-6-14-15(20-14,8(2)11(17)19-14)12(18)13(7,9)3/h7-9,12,18H,4-6H2,1-3H3. The van der Waals surface area contributed by atoms with Crippen molar-refractivity contribution in [2.45, 2.75) is 57.5 Å². The van der Waals surface area contributed by atoms with Crippen molar-refractivity contribution in [3.05, 3.63) is 0 Å². The summed E-state index contributed by atoms with van der Waals surface area (Å²) in [6.45, 7) is 5.80. The minimum Gasteiger partial charge on any atom is -0.429 e. The maximum Gasteiger partial charge on any atom is 0.314 e. The van der Waals surface area contributed by atoms with Gasteiger partial charge in [0, 0.05) is 24.2 Å². The van der Waals surface area contributed by atoms with Crippen LogP contribution in [0.15, 0.2) is 0 Å². The molecule has 2 saturated heterocycles. The van der Waals surface area contributed by atoms with Crippen LogP contribution in [0.3, 0.4) is 0 Å². The number of ether oxygens (including phenoxy) is 2. The van der Waals surface area contributed by atoms with Crippen LogP contribution >= 0.6 is 0 Å². The number of Topliss-reactive ketones (excluding diaryl/α,β-unsaturated/α-hetero) is 1. The molecule has 7 atom stereocenters. The number of carbonyl (C=O) groups is 2. The van der Waals surface area contributed by atoms with Crippen LogP contribution in [0.2, 0.25) is 0 Å². The van der Waals surface area contributed by atoms with Gasteiger partial charge in [0.05, 0.1) is 12.0 Å². The second-order valence-electron chi connectivity index (χ2n) is 7.22. The molecule has 0 aromatic carbocycles. The Morgan fingerprint density at radius 2 is 2.00 bits per heavy atom. The summed E-state index contributed by atoms with van der Waals surface area (Å²) in [6.07, 6.45) is 0.893. The van der Waals surface area contributed by atoms with E-state index in [1.54, 1.807) is 6.92 Å². The Kier molecular flexibility index (Phi) is 2.09. The van der Waals surface area contributed by atoms with E-state index in [1.807, 2.05) is 6.92 Å². The summed E-state index contributed by atoms with van der Waals surface area (Å²) in [6, 6.07) is 0. The normalized spacial score (nSPS) is 60.4. The number of hydrogen-bond donors (Lipinski definition) is 1.